The highest BCUT2D eigenvalue weighted by molar-refractivity contribution is 5.69. The third-order valence-electron chi connectivity index (χ3n) is 7.93. The molecule has 5 nitrogen and oxygen atoms in total. The van der Waals surface area contributed by atoms with Crippen LogP contribution in [0, 0.1) is 0 Å². The van der Waals surface area contributed by atoms with Gasteiger partial charge in [0.2, 0.25) is 0 Å². The molecule has 0 atom stereocenters. The van der Waals surface area contributed by atoms with Crippen LogP contribution in [0.4, 0.5) is 0 Å². The minimum Gasteiger partial charge on any atom is -0.462 e. The molecule has 5 heteroatoms. The van der Waals surface area contributed by atoms with Gasteiger partial charge in [-0.25, -0.2) is 0 Å². The number of esters is 1. The Kier molecular flexibility index (Phi) is 16.6. The summed E-state index contributed by atoms with van der Waals surface area (Å²) >= 11 is 0. The van der Waals surface area contributed by atoms with E-state index in [1.165, 1.54) is 83.5 Å². The van der Waals surface area contributed by atoms with Crippen molar-refractivity contribution in [2.24, 2.45) is 0 Å². The van der Waals surface area contributed by atoms with Gasteiger partial charge in [-0.15, -0.1) is 0 Å². The number of methoxy groups -OCH3 is 1. The second-order valence-electron chi connectivity index (χ2n) is 13.4. The summed E-state index contributed by atoms with van der Waals surface area (Å²) in [6.45, 7) is 15.5. The molecule has 1 aliphatic rings. The van der Waals surface area contributed by atoms with E-state index in [0.29, 0.717) is 13.0 Å². The zero-order valence-electron chi connectivity index (χ0n) is 26.1. The van der Waals surface area contributed by atoms with E-state index < -0.39 is 0 Å². The largest absolute Gasteiger partial charge is 0.462 e. The van der Waals surface area contributed by atoms with Crippen LogP contribution in [0.25, 0.3) is 0 Å². The van der Waals surface area contributed by atoms with Gasteiger partial charge in [0, 0.05) is 37.5 Å². The van der Waals surface area contributed by atoms with E-state index in [9.17, 15) is 4.79 Å². The SMILES string of the molecule is CCCCCCCCCCCCCCCCCC(=O)OC1CC(C)(C)N(OCC(C)(C)OC)C(C)(C)C1. The molecule has 1 heterocycles. The van der Waals surface area contributed by atoms with Gasteiger partial charge in [-0.3, -0.25) is 9.63 Å². The number of rotatable bonds is 21. The average molecular weight is 526 g/mol. The fourth-order valence-electron chi connectivity index (χ4n) is 5.77. The Balaban J connectivity index is 2.14. The number of ether oxygens (including phenoxy) is 2. The maximum atomic E-state index is 12.6. The standard InChI is InChI=1S/C32H63NO4/c1-9-10-11-12-13-14-15-16-17-18-19-20-21-22-23-24-29(34)37-28-25-30(2,3)33(31(4,5)26-28)36-27-32(6,7)35-8/h28H,9-27H2,1-8H3. The molecule has 220 valence electrons. The second-order valence-corrected chi connectivity index (χ2v) is 13.4. The third kappa shape index (κ3) is 14.9. The van der Waals surface area contributed by atoms with Crippen molar-refractivity contribution >= 4 is 5.97 Å². The first kappa shape index (κ1) is 34.4. The number of carbonyl (C=O) groups excluding carboxylic acids is 1. The molecule has 1 saturated heterocycles. The molecule has 0 unspecified atom stereocenters. The Labute approximate surface area is 230 Å². The van der Waals surface area contributed by atoms with Gasteiger partial charge in [-0.05, 0) is 48.0 Å². The van der Waals surface area contributed by atoms with Crippen LogP contribution in [0.3, 0.4) is 0 Å². The van der Waals surface area contributed by atoms with E-state index >= 15 is 0 Å². The van der Waals surface area contributed by atoms with Gasteiger partial charge in [0.05, 0.1) is 12.2 Å². The summed E-state index contributed by atoms with van der Waals surface area (Å²) in [5, 5.41) is 2.10. The minimum absolute atomic E-state index is 0.0406. The first-order valence-corrected chi connectivity index (χ1v) is 15.6. The zero-order chi connectivity index (χ0) is 27.8. The molecule has 37 heavy (non-hydrogen) atoms. The van der Waals surface area contributed by atoms with E-state index in [4.69, 9.17) is 14.3 Å². The Morgan fingerprint density at radius 1 is 0.757 bits per heavy atom. The summed E-state index contributed by atoms with van der Waals surface area (Å²) < 4.78 is 11.5. The molecule has 1 fully saturated rings. The first-order chi connectivity index (χ1) is 17.4. The fraction of sp³-hybridized carbons (Fsp3) is 0.969. The molecule has 0 saturated carbocycles. The number of hydrogen-bond acceptors (Lipinski definition) is 5. The van der Waals surface area contributed by atoms with Crippen LogP contribution < -0.4 is 0 Å². The summed E-state index contributed by atoms with van der Waals surface area (Å²) in [6, 6.07) is 0. The molecule has 0 bridgehead atoms. The van der Waals surface area contributed by atoms with Crippen LogP contribution in [0.2, 0.25) is 0 Å². The molecule has 0 spiro atoms. The van der Waals surface area contributed by atoms with Crippen LogP contribution in [-0.2, 0) is 19.1 Å². The van der Waals surface area contributed by atoms with Gasteiger partial charge in [0.1, 0.15) is 6.10 Å². The van der Waals surface area contributed by atoms with Crippen LogP contribution in [-0.4, -0.2) is 47.5 Å². The number of carbonyl (C=O) groups is 1. The summed E-state index contributed by atoms with van der Waals surface area (Å²) in [5.74, 6) is -0.0406. The molecule has 0 aromatic heterocycles. The topological polar surface area (TPSA) is 48.0 Å². The lowest BCUT2D eigenvalue weighted by Gasteiger charge is -2.53. The second kappa shape index (κ2) is 17.8. The van der Waals surface area contributed by atoms with Crippen molar-refractivity contribution in [3.8, 4) is 0 Å². The lowest BCUT2D eigenvalue weighted by molar-refractivity contribution is -0.308. The number of hydrogen-bond donors (Lipinski definition) is 0. The molecule has 0 amide bonds. The van der Waals surface area contributed by atoms with Gasteiger partial charge in [0.15, 0.2) is 0 Å². The minimum atomic E-state index is -0.345. The van der Waals surface area contributed by atoms with Crippen LogP contribution in [0.5, 0.6) is 0 Å². The number of hydroxylamine groups is 2. The van der Waals surface area contributed by atoms with E-state index in [0.717, 1.165) is 25.7 Å². The van der Waals surface area contributed by atoms with Crippen molar-refractivity contribution in [1.29, 1.82) is 0 Å². The predicted octanol–water partition coefficient (Wildman–Crippen LogP) is 9.17. The Morgan fingerprint density at radius 3 is 1.57 bits per heavy atom. The molecule has 0 aromatic rings. The quantitative estimate of drug-likeness (QED) is 0.110. The molecule has 0 aliphatic carbocycles. The van der Waals surface area contributed by atoms with E-state index in [1.54, 1.807) is 7.11 Å². The van der Waals surface area contributed by atoms with Crippen LogP contribution in [0.15, 0.2) is 0 Å². The smallest absolute Gasteiger partial charge is 0.306 e. The van der Waals surface area contributed by atoms with Crippen LogP contribution >= 0.6 is 0 Å². The summed E-state index contributed by atoms with van der Waals surface area (Å²) in [7, 11) is 1.71. The van der Waals surface area contributed by atoms with Crippen molar-refractivity contribution in [2.75, 3.05) is 13.7 Å². The van der Waals surface area contributed by atoms with Crippen molar-refractivity contribution in [1.82, 2.24) is 5.06 Å². The molecular formula is C32H63NO4. The zero-order valence-corrected chi connectivity index (χ0v) is 26.1. The van der Waals surface area contributed by atoms with Crippen molar-refractivity contribution in [3.63, 3.8) is 0 Å². The Bertz CT molecular complexity index is 584. The fourth-order valence-corrected chi connectivity index (χ4v) is 5.77. The monoisotopic (exact) mass is 525 g/mol. The van der Waals surface area contributed by atoms with Crippen molar-refractivity contribution < 1.29 is 19.1 Å². The van der Waals surface area contributed by atoms with E-state index in [2.05, 4.69) is 39.7 Å². The van der Waals surface area contributed by atoms with Gasteiger partial charge in [0.25, 0.3) is 0 Å². The van der Waals surface area contributed by atoms with Gasteiger partial charge in [-0.1, -0.05) is 96.8 Å². The summed E-state index contributed by atoms with van der Waals surface area (Å²) in [5.41, 5.74) is -0.807. The molecule has 1 aliphatic heterocycles. The molecular weight excluding hydrogens is 462 g/mol. The average Bonchev–Trinajstić information content (AvgIpc) is 2.80. The number of piperidine rings is 1. The highest BCUT2D eigenvalue weighted by atomic mass is 16.7. The Hall–Kier alpha value is -0.650. The van der Waals surface area contributed by atoms with Crippen molar-refractivity contribution in [2.45, 2.75) is 187 Å². The highest BCUT2D eigenvalue weighted by Gasteiger charge is 2.48. The van der Waals surface area contributed by atoms with Crippen LogP contribution in [0.1, 0.15) is 164 Å². The van der Waals surface area contributed by atoms with Gasteiger partial charge >= 0.3 is 5.97 Å². The van der Waals surface area contributed by atoms with Gasteiger partial charge < -0.3 is 9.47 Å². The lowest BCUT2D eigenvalue weighted by Crippen LogP contribution is -2.62. The van der Waals surface area contributed by atoms with E-state index in [-0.39, 0.29) is 28.8 Å². The first-order valence-electron chi connectivity index (χ1n) is 15.6. The number of nitrogens with zero attached hydrogens (tertiary/aromatic N) is 1. The number of unbranched alkanes of at least 4 members (excludes halogenated alkanes) is 14. The Morgan fingerprint density at radius 2 is 1.16 bits per heavy atom. The summed E-state index contributed by atoms with van der Waals surface area (Å²) in [6.07, 6.45) is 22.0. The maximum absolute atomic E-state index is 12.6. The van der Waals surface area contributed by atoms with E-state index in [1.807, 2.05) is 13.8 Å². The van der Waals surface area contributed by atoms with Gasteiger partial charge in [-0.2, -0.15) is 5.06 Å². The summed E-state index contributed by atoms with van der Waals surface area (Å²) in [4.78, 5) is 18.8. The molecule has 0 aromatic carbocycles. The predicted molar refractivity (Wildman–Crippen MR) is 156 cm³/mol. The highest BCUT2D eigenvalue weighted by Crippen LogP contribution is 2.40. The normalized spacial score (nSPS) is 18.3. The third-order valence-corrected chi connectivity index (χ3v) is 7.93. The molecule has 1 rings (SSSR count). The maximum Gasteiger partial charge on any atom is 0.306 e. The van der Waals surface area contributed by atoms with Crippen molar-refractivity contribution in [3.05, 3.63) is 0 Å². The lowest BCUT2D eigenvalue weighted by atomic mass is 9.80. The molecule has 0 N–H and O–H groups in total. The molecule has 0 radical (unpaired) electrons.